The molecule has 3 aromatic carbocycles. The molecular formula is C28H33N3O4S2. The zero-order valence-electron chi connectivity index (χ0n) is 21.2. The van der Waals surface area contributed by atoms with Gasteiger partial charge in [0.05, 0.1) is 9.79 Å². The molecule has 0 aromatic heterocycles. The number of aryl methyl sites for hydroxylation is 1. The highest BCUT2D eigenvalue weighted by molar-refractivity contribution is 7.93. The SMILES string of the molecule is Cc1ccc(N2CCN(C)CC2)c2c1CC[C@@H](NS(=O)(=O)c1ccccc1S(=O)(=O)c1ccccc1)C2. The first-order chi connectivity index (χ1) is 17.7. The highest BCUT2D eigenvalue weighted by Gasteiger charge is 2.32. The monoisotopic (exact) mass is 539 g/mol. The fourth-order valence-electron chi connectivity index (χ4n) is 5.39. The number of hydrogen-bond acceptors (Lipinski definition) is 6. The molecule has 0 spiro atoms. The maximum atomic E-state index is 13.6. The number of anilines is 1. The fraction of sp³-hybridized carbons (Fsp3) is 0.357. The number of nitrogens with zero attached hydrogens (tertiary/aromatic N) is 2. The van der Waals surface area contributed by atoms with Crippen LogP contribution in [0.15, 0.2) is 81.4 Å². The van der Waals surface area contributed by atoms with Gasteiger partial charge in [0.15, 0.2) is 0 Å². The Labute approximate surface area is 220 Å². The molecule has 196 valence electrons. The Bertz CT molecular complexity index is 1500. The summed E-state index contributed by atoms with van der Waals surface area (Å²) in [5.74, 6) is 0. The number of fused-ring (bicyclic) bond motifs is 1. The van der Waals surface area contributed by atoms with Crippen LogP contribution in [0.2, 0.25) is 0 Å². The van der Waals surface area contributed by atoms with Crippen LogP contribution in [0.3, 0.4) is 0 Å². The molecule has 1 N–H and O–H groups in total. The highest BCUT2D eigenvalue weighted by Crippen LogP contribution is 2.34. The third kappa shape index (κ3) is 5.18. The van der Waals surface area contributed by atoms with Gasteiger partial charge >= 0.3 is 0 Å². The van der Waals surface area contributed by atoms with Crippen LogP contribution in [0.5, 0.6) is 0 Å². The van der Waals surface area contributed by atoms with Gasteiger partial charge in [-0.2, -0.15) is 0 Å². The van der Waals surface area contributed by atoms with Crippen molar-refractivity contribution in [1.29, 1.82) is 0 Å². The minimum absolute atomic E-state index is 0.0662. The van der Waals surface area contributed by atoms with Gasteiger partial charge in [0.2, 0.25) is 19.9 Å². The molecule has 1 saturated heterocycles. The van der Waals surface area contributed by atoms with Gasteiger partial charge in [-0.25, -0.2) is 21.6 Å². The molecule has 1 fully saturated rings. The molecular weight excluding hydrogens is 506 g/mol. The van der Waals surface area contributed by atoms with E-state index in [0.717, 1.165) is 32.6 Å². The molecule has 2 aliphatic rings. The third-order valence-corrected chi connectivity index (χ3v) is 11.0. The number of hydrogen-bond donors (Lipinski definition) is 1. The van der Waals surface area contributed by atoms with Crippen molar-refractivity contribution in [2.75, 3.05) is 38.1 Å². The van der Waals surface area contributed by atoms with Crippen LogP contribution < -0.4 is 9.62 Å². The van der Waals surface area contributed by atoms with Crippen LogP contribution in [0, 0.1) is 6.92 Å². The van der Waals surface area contributed by atoms with Crippen LogP contribution in [0.1, 0.15) is 23.1 Å². The first kappa shape index (κ1) is 25.9. The second-order valence-electron chi connectivity index (χ2n) is 9.97. The second kappa shape index (κ2) is 10.2. The van der Waals surface area contributed by atoms with Crippen LogP contribution in [-0.4, -0.2) is 61.0 Å². The third-order valence-electron chi connectivity index (χ3n) is 7.48. The van der Waals surface area contributed by atoms with Gasteiger partial charge in [0, 0.05) is 37.9 Å². The van der Waals surface area contributed by atoms with Gasteiger partial charge in [-0.3, -0.25) is 0 Å². The maximum Gasteiger partial charge on any atom is 0.242 e. The lowest BCUT2D eigenvalue weighted by molar-refractivity contribution is 0.312. The Balaban J connectivity index is 1.44. The first-order valence-electron chi connectivity index (χ1n) is 12.6. The van der Waals surface area contributed by atoms with Crippen LogP contribution in [-0.2, 0) is 32.7 Å². The highest BCUT2D eigenvalue weighted by atomic mass is 32.2. The molecule has 5 rings (SSSR count). The van der Waals surface area contributed by atoms with E-state index in [0.29, 0.717) is 12.8 Å². The number of rotatable bonds is 6. The van der Waals surface area contributed by atoms with E-state index in [-0.39, 0.29) is 20.7 Å². The maximum absolute atomic E-state index is 13.6. The molecule has 37 heavy (non-hydrogen) atoms. The number of sulfone groups is 1. The first-order valence-corrected chi connectivity index (χ1v) is 15.6. The Morgan fingerprint density at radius 1 is 0.784 bits per heavy atom. The number of piperazine rings is 1. The molecule has 1 heterocycles. The summed E-state index contributed by atoms with van der Waals surface area (Å²) < 4.78 is 56.7. The van der Waals surface area contributed by atoms with Gasteiger partial charge in [-0.05, 0) is 80.3 Å². The summed E-state index contributed by atoms with van der Waals surface area (Å²) in [4.78, 5) is 4.36. The number of likely N-dealkylation sites (N-methyl/N-ethyl adjacent to an activating group) is 1. The zero-order chi connectivity index (χ0) is 26.2. The van der Waals surface area contributed by atoms with E-state index >= 15 is 0 Å². The Morgan fingerprint density at radius 3 is 2.14 bits per heavy atom. The van der Waals surface area contributed by atoms with Crippen LogP contribution in [0.4, 0.5) is 5.69 Å². The van der Waals surface area contributed by atoms with E-state index in [2.05, 4.69) is 40.6 Å². The molecule has 0 saturated carbocycles. The predicted molar refractivity (Wildman–Crippen MR) is 145 cm³/mol. The molecule has 1 atom stereocenters. The lowest BCUT2D eigenvalue weighted by atomic mass is 9.84. The van der Waals surface area contributed by atoms with E-state index in [1.807, 2.05) is 0 Å². The molecule has 0 unspecified atom stereocenters. The van der Waals surface area contributed by atoms with E-state index < -0.39 is 19.9 Å². The Kier molecular flexibility index (Phi) is 7.15. The summed E-state index contributed by atoms with van der Waals surface area (Å²) in [5.41, 5.74) is 4.92. The Hall–Kier alpha value is -2.72. The minimum Gasteiger partial charge on any atom is -0.369 e. The smallest absolute Gasteiger partial charge is 0.242 e. The Morgan fingerprint density at radius 2 is 1.43 bits per heavy atom. The molecule has 0 bridgehead atoms. The average molecular weight is 540 g/mol. The van der Waals surface area contributed by atoms with Crippen molar-refractivity contribution in [2.45, 2.75) is 46.9 Å². The van der Waals surface area contributed by atoms with Gasteiger partial charge in [0.1, 0.15) is 4.90 Å². The van der Waals surface area contributed by atoms with E-state index in [1.54, 1.807) is 30.3 Å². The van der Waals surface area contributed by atoms with E-state index in [9.17, 15) is 16.8 Å². The van der Waals surface area contributed by atoms with E-state index in [4.69, 9.17) is 0 Å². The molecule has 3 aromatic rings. The minimum atomic E-state index is -4.09. The quantitative estimate of drug-likeness (QED) is 0.517. The summed E-state index contributed by atoms with van der Waals surface area (Å²) in [6.45, 7) is 5.97. The van der Waals surface area contributed by atoms with Crippen molar-refractivity contribution in [3.05, 3.63) is 83.4 Å². The van der Waals surface area contributed by atoms with Gasteiger partial charge in [0.25, 0.3) is 0 Å². The topological polar surface area (TPSA) is 86.8 Å². The van der Waals surface area contributed by atoms with Crippen molar-refractivity contribution in [3.8, 4) is 0 Å². The molecule has 1 aliphatic carbocycles. The second-order valence-corrected chi connectivity index (χ2v) is 13.6. The number of benzene rings is 3. The molecule has 1 aliphatic heterocycles. The molecule has 0 amide bonds. The average Bonchev–Trinajstić information content (AvgIpc) is 2.90. The zero-order valence-corrected chi connectivity index (χ0v) is 22.9. The van der Waals surface area contributed by atoms with Gasteiger partial charge < -0.3 is 9.80 Å². The summed E-state index contributed by atoms with van der Waals surface area (Å²) in [7, 11) is -5.96. The normalized spacial score (nSPS) is 19.0. The lowest BCUT2D eigenvalue weighted by Gasteiger charge is -2.37. The molecule has 0 radical (unpaired) electrons. The van der Waals surface area contributed by atoms with Gasteiger partial charge in [-0.15, -0.1) is 0 Å². The van der Waals surface area contributed by atoms with Crippen LogP contribution in [0.25, 0.3) is 0 Å². The van der Waals surface area contributed by atoms with Crippen molar-refractivity contribution in [1.82, 2.24) is 9.62 Å². The van der Waals surface area contributed by atoms with Crippen molar-refractivity contribution < 1.29 is 16.8 Å². The predicted octanol–water partition coefficient (Wildman–Crippen LogP) is 3.42. The molecule has 9 heteroatoms. The number of sulfonamides is 1. The van der Waals surface area contributed by atoms with Crippen LogP contribution >= 0.6 is 0 Å². The van der Waals surface area contributed by atoms with Gasteiger partial charge in [-0.1, -0.05) is 36.4 Å². The lowest BCUT2D eigenvalue weighted by Crippen LogP contribution is -2.45. The summed E-state index contributed by atoms with van der Waals surface area (Å²) >= 11 is 0. The summed E-state index contributed by atoms with van der Waals surface area (Å²) in [6, 6.07) is 17.8. The summed E-state index contributed by atoms with van der Waals surface area (Å²) in [5, 5.41) is 0. The largest absolute Gasteiger partial charge is 0.369 e. The standard InChI is InChI=1S/C28H33N3O4S2/c1-21-12-15-26(31-18-16-30(2)17-19-31)25-20-22(13-14-24(21)25)29-37(34,35)28-11-7-6-10-27(28)36(32,33)23-8-4-3-5-9-23/h3-12,15,22,29H,13-14,16-20H2,1-2H3/t22-/m1/s1. The molecule has 7 nitrogen and oxygen atoms in total. The fourth-order valence-corrected chi connectivity index (χ4v) is 8.76. The number of nitrogens with one attached hydrogen (secondary N) is 1. The van der Waals surface area contributed by atoms with E-state index in [1.165, 1.54) is 46.6 Å². The summed E-state index contributed by atoms with van der Waals surface area (Å²) in [6.07, 6.45) is 2.01. The van der Waals surface area contributed by atoms with Crippen molar-refractivity contribution >= 4 is 25.5 Å². The van der Waals surface area contributed by atoms with Crippen molar-refractivity contribution in [2.24, 2.45) is 0 Å². The van der Waals surface area contributed by atoms with Crippen molar-refractivity contribution in [3.63, 3.8) is 0 Å².